The Hall–Kier alpha value is -3.85. The molecule has 0 spiro atoms. The van der Waals surface area contributed by atoms with Crippen LogP contribution in [0.3, 0.4) is 0 Å². The van der Waals surface area contributed by atoms with Crippen LogP contribution in [-0.2, 0) is 10.0 Å². The Balaban J connectivity index is 1.56. The van der Waals surface area contributed by atoms with E-state index in [-0.39, 0.29) is 22.9 Å². The average molecular weight is 544 g/mol. The van der Waals surface area contributed by atoms with Crippen LogP contribution < -0.4 is 4.90 Å². The third-order valence-electron chi connectivity index (χ3n) is 7.33. The number of halogens is 1. The second-order valence-electron chi connectivity index (χ2n) is 9.90. The lowest BCUT2D eigenvalue weighted by atomic mass is 9.49. The number of hydrogen-bond donors (Lipinski definition) is 1. The predicted octanol–water partition coefficient (Wildman–Crippen LogP) is 1.86. The maximum atomic E-state index is 14.6. The standard InChI is InChI=1S/C26H20B3FN8OS/c27-26(28,29)38-16(11-32)9-20(35-38)19-2-1-18-14(7-15(30)10-31)8-17-12-36(24-22(18)23(19)33-13-34-24)4-5-37(17)25(39)21-3-6-40-21/h1-2,7-10,13,17,21,31H,3-6,12H2/b14-8?,15-7+,31-10?. The summed E-state index contributed by atoms with van der Waals surface area (Å²) < 4.78 is 15.6. The van der Waals surface area contributed by atoms with Crippen LogP contribution in [-0.4, -0.2) is 97.0 Å². The number of anilines is 1. The van der Waals surface area contributed by atoms with Gasteiger partial charge in [-0.2, -0.15) is 10.4 Å². The van der Waals surface area contributed by atoms with Crippen molar-refractivity contribution in [3.63, 3.8) is 0 Å². The van der Waals surface area contributed by atoms with Gasteiger partial charge in [-0.25, -0.2) is 14.4 Å². The van der Waals surface area contributed by atoms with Gasteiger partial charge in [0.2, 0.25) is 5.91 Å². The quantitative estimate of drug-likeness (QED) is 0.386. The minimum Gasteiger partial charge on any atom is -0.352 e. The van der Waals surface area contributed by atoms with Gasteiger partial charge in [-0.15, -0.1) is 11.8 Å². The van der Waals surface area contributed by atoms with Crippen molar-refractivity contribution in [2.45, 2.75) is 22.9 Å². The number of piperazine rings is 1. The maximum Gasteiger partial charge on any atom is 0.236 e. The van der Waals surface area contributed by atoms with Gasteiger partial charge in [0.05, 0.1) is 57.6 Å². The number of benzene rings is 1. The van der Waals surface area contributed by atoms with Gasteiger partial charge in [0.15, 0.2) is 0 Å². The summed E-state index contributed by atoms with van der Waals surface area (Å²) in [5.41, 5.74) is 2.68. The Labute approximate surface area is 238 Å². The lowest BCUT2D eigenvalue weighted by Gasteiger charge is -2.44. The van der Waals surface area contributed by atoms with Crippen molar-refractivity contribution >= 4 is 69.7 Å². The SMILES string of the molecule is [B]C([B])([B])n1nc(-c2ccc3c4c(ncnc24)N2CCN(C(=O)C4CCS4)C(C=C3/C=C(/F)C=N)C2)cc1C#N. The summed E-state index contributed by atoms with van der Waals surface area (Å²) in [5, 5.41) is 20.1. The molecule has 1 aromatic carbocycles. The first kappa shape index (κ1) is 26.4. The molecule has 2 atom stereocenters. The van der Waals surface area contributed by atoms with Crippen LogP contribution in [0.2, 0.25) is 0 Å². The van der Waals surface area contributed by atoms with Crippen LogP contribution in [0.4, 0.5) is 10.2 Å². The number of carbonyl (C=O) groups is 1. The fourth-order valence-electron chi connectivity index (χ4n) is 5.38. The first-order valence-corrected chi connectivity index (χ1v) is 13.7. The Morgan fingerprint density at radius 1 is 1.25 bits per heavy atom. The molecular formula is C26H20B3FN8OS. The molecule has 192 valence electrons. The summed E-state index contributed by atoms with van der Waals surface area (Å²) in [5.74, 6) is 0.972. The van der Waals surface area contributed by atoms with Gasteiger partial charge < -0.3 is 15.2 Å². The Bertz CT molecular complexity index is 1660. The molecule has 2 aromatic heterocycles. The zero-order valence-electron chi connectivity index (χ0n) is 21.3. The molecule has 2 bridgehead atoms. The van der Waals surface area contributed by atoms with Crippen molar-refractivity contribution in [2.24, 2.45) is 0 Å². The molecule has 5 heterocycles. The number of aromatic nitrogens is 4. The second-order valence-corrected chi connectivity index (χ2v) is 11.2. The molecule has 1 amide bonds. The lowest BCUT2D eigenvalue weighted by molar-refractivity contribution is -0.132. The molecule has 3 aliphatic rings. The molecule has 1 N–H and O–H groups in total. The summed E-state index contributed by atoms with van der Waals surface area (Å²) in [6.45, 7) is 1.52. The van der Waals surface area contributed by atoms with Gasteiger partial charge in [-0.05, 0) is 40.7 Å². The van der Waals surface area contributed by atoms with Gasteiger partial charge in [0, 0.05) is 31.3 Å². The maximum absolute atomic E-state index is 14.6. The number of fused-ring (bicyclic) bond motifs is 3. The molecule has 6 rings (SSSR count). The van der Waals surface area contributed by atoms with Crippen molar-refractivity contribution in [2.75, 3.05) is 30.3 Å². The molecule has 2 unspecified atom stereocenters. The molecular weight excluding hydrogens is 524 g/mol. The number of allylic oxidation sites excluding steroid dienone is 3. The number of nitrogens with zero attached hydrogens (tertiary/aromatic N) is 7. The van der Waals surface area contributed by atoms with Crippen LogP contribution in [0.1, 0.15) is 17.7 Å². The smallest absolute Gasteiger partial charge is 0.236 e. The predicted molar refractivity (Wildman–Crippen MR) is 155 cm³/mol. The van der Waals surface area contributed by atoms with E-state index in [0.29, 0.717) is 65.0 Å². The molecule has 40 heavy (non-hydrogen) atoms. The number of carbonyl (C=O) groups excluding carboxylic acids is 1. The molecule has 2 fully saturated rings. The Morgan fingerprint density at radius 3 is 2.67 bits per heavy atom. The number of hydrogen-bond acceptors (Lipinski definition) is 8. The summed E-state index contributed by atoms with van der Waals surface area (Å²) in [7, 11) is 17.5. The first-order valence-electron chi connectivity index (χ1n) is 12.6. The average Bonchev–Trinajstić information content (AvgIpc) is 3.35. The van der Waals surface area contributed by atoms with E-state index in [0.717, 1.165) is 16.9 Å². The number of thioether (sulfide) groups is 1. The van der Waals surface area contributed by atoms with Gasteiger partial charge in [-0.3, -0.25) is 9.48 Å². The minimum atomic E-state index is -1.89. The number of nitriles is 1. The van der Waals surface area contributed by atoms with E-state index in [1.807, 2.05) is 17.0 Å². The highest BCUT2D eigenvalue weighted by Gasteiger charge is 2.38. The highest BCUT2D eigenvalue weighted by Crippen LogP contribution is 2.40. The lowest BCUT2D eigenvalue weighted by Crippen LogP contribution is -2.57. The fraction of sp³-hybridized carbons (Fsp3) is 0.308. The molecule has 14 heteroatoms. The third-order valence-corrected chi connectivity index (χ3v) is 8.64. The molecule has 2 saturated heterocycles. The van der Waals surface area contributed by atoms with E-state index in [9.17, 15) is 14.4 Å². The van der Waals surface area contributed by atoms with Crippen LogP contribution in [0.5, 0.6) is 0 Å². The number of rotatable bonds is 5. The zero-order valence-corrected chi connectivity index (χ0v) is 22.1. The Morgan fingerprint density at radius 2 is 2.02 bits per heavy atom. The summed E-state index contributed by atoms with van der Waals surface area (Å²) in [4.78, 5) is 26.4. The Kier molecular flexibility index (Phi) is 6.57. The number of amides is 1. The van der Waals surface area contributed by atoms with E-state index >= 15 is 0 Å². The fourth-order valence-corrected chi connectivity index (χ4v) is 6.13. The highest BCUT2D eigenvalue weighted by molar-refractivity contribution is 8.01. The van der Waals surface area contributed by atoms with E-state index in [1.54, 1.807) is 23.9 Å². The highest BCUT2D eigenvalue weighted by atomic mass is 32.2. The topological polar surface area (TPSA) is 115 Å². The van der Waals surface area contributed by atoms with Crippen molar-refractivity contribution in [3.8, 4) is 17.3 Å². The molecule has 3 aliphatic heterocycles. The first-order chi connectivity index (χ1) is 19.2. The van der Waals surface area contributed by atoms with Crippen LogP contribution in [0.25, 0.3) is 27.7 Å². The van der Waals surface area contributed by atoms with Crippen molar-refractivity contribution in [1.29, 1.82) is 10.7 Å². The molecule has 3 aromatic rings. The summed E-state index contributed by atoms with van der Waals surface area (Å²) >= 11 is 1.65. The van der Waals surface area contributed by atoms with Crippen molar-refractivity contribution in [1.82, 2.24) is 24.6 Å². The van der Waals surface area contributed by atoms with Gasteiger partial charge in [0.1, 0.15) is 29.7 Å². The summed E-state index contributed by atoms with van der Waals surface area (Å²) in [6.07, 6.45) is 6.12. The molecule has 6 radical (unpaired) electrons. The van der Waals surface area contributed by atoms with Crippen molar-refractivity contribution in [3.05, 3.63) is 53.8 Å². The van der Waals surface area contributed by atoms with E-state index in [1.165, 1.54) is 18.5 Å². The second kappa shape index (κ2) is 9.96. The third kappa shape index (κ3) is 4.42. The van der Waals surface area contributed by atoms with Crippen LogP contribution >= 0.6 is 11.8 Å². The van der Waals surface area contributed by atoms with Gasteiger partial charge in [-0.1, -0.05) is 12.1 Å². The van der Waals surface area contributed by atoms with Crippen LogP contribution in [0.15, 0.2) is 42.5 Å². The monoisotopic (exact) mass is 544 g/mol. The molecule has 9 nitrogen and oxygen atoms in total. The molecule has 0 saturated carbocycles. The molecule has 0 aliphatic carbocycles. The normalized spacial score (nSPS) is 20.7. The van der Waals surface area contributed by atoms with E-state index < -0.39 is 11.1 Å². The van der Waals surface area contributed by atoms with Crippen molar-refractivity contribution < 1.29 is 9.18 Å². The van der Waals surface area contributed by atoms with E-state index in [4.69, 9.17) is 28.9 Å². The van der Waals surface area contributed by atoms with Gasteiger partial charge >= 0.3 is 0 Å². The van der Waals surface area contributed by atoms with Crippen LogP contribution in [0, 0.1) is 16.7 Å². The number of nitrogens with one attached hydrogen (secondary N) is 1. The van der Waals surface area contributed by atoms with Gasteiger partial charge in [0.25, 0.3) is 0 Å². The minimum absolute atomic E-state index is 0.0456. The largest absolute Gasteiger partial charge is 0.352 e. The summed E-state index contributed by atoms with van der Waals surface area (Å²) in [6, 6.07) is 6.77. The zero-order chi connectivity index (χ0) is 28.2. The van der Waals surface area contributed by atoms with E-state index in [2.05, 4.69) is 20.0 Å².